The quantitative estimate of drug-likeness (QED) is 0.167. The van der Waals surface area contributed by atoms with Crippen LogP contribution in [0.5, 0.6) is 0 Å². The Morgan fingerprint density at radius 3 is 2.53 bits per heavy atom. The molecule has 0 bridgehead atoms. The first-order chi connectivity index (χ1) is 27.0. The summed E-state index contributed by atoms with van der Waals surface area (Å²) in [6.45, 7) is 1.42. The molecule has 1 aliphatic carbocycles. The predicted octanol–water partition coefficient (Wildman–Crippen LogP) is 6.09. The Bertz CT molecular complexity index is 2570. The predicted molar refractivity (Wildman–Crippen MR) is 187 cm³/mol. The first-order valence-electron chi connectivity index (χ1n) is 17.3. The van der Waals surface area contributed by atoms with Crippen molar-refractivity contribution in [1.29, 1.82) is 0 Å². The van der Waals surface area contributed by atoms with Crippen LogP contribution in [-0.2, 0) is 49.4 Å². The third kappa shape index (κ3) is 7.03. The van der Waals surface area contributed by atoms with E-state index in [1.165, 1.54) is 17.4 Å². The van der Waals surface area contributed by atoms with Crippen LogP contribution in [0.15, 0.2) is 48.8 Å². The van der Waals surface area contributed by atoms with Gasteiger partial charge >= 0.3 is 6.18 Å². The van der Waals surface area contributed by atoms with Gasteiger partial charge in [0.15, 0.2) is 22.3 Å². The molecule has 2 atom stereocenters. The van der Waals surface area contributed by atoms with Gasteiger partial charge in [0, 0.05) is 36.2 Å². The molecule has 0 saturated carbocycles. The number of carbonyl (C=O) groups is 2. The monoisotopic (exact) mass is 816 g/mol. The maximum absolute atomic E-state index is 15.3. The largest absolute Gasteiger partial charge is 0.435 e. The molecule has 5 heterocycles. The van der Waals surface area contributed by atoms with Crippen LogP contribution in [0.3, 0.4) is 0 Å². The summed E-state index contributed by atoms with van der Waals surface area (Å²) in [4.78, 5) is 37.4. The number of alkyl halides is 5. The zero-order valence-corrected chi connectivity index (χ0v) is 30.2. The van der Waals surface area contributed by atoms with Crippen LogP contribution < -0.4 is 16.0 Å². The highest BCUT2D eigenvalue weighted by Crippen LogP contribution is 2.49. The number of rotatable bonds is 9. The van der Waals surface area contributed by atoms with Gasteiger partial charge in [0.05, 0.1) is 28.5 Å². The first kappa shape index (κ1) is 37.9. The number of anilines is 1. The summed E-state index contributed by atoms with van der Waals surface area (Å²) in [5.41, 5.74) is 2.13. The van der Waals surface area contributed by atoms with Crippen LogP contribution in [0.2, 0.25) is 0 Å². The first-order valence-corrected chi connectivity index (χ1v) is 18.1. The third-order valence-electron chi connectivity index (χ3n) is 9.94. The summed E-state index contributed by atoms with van der Waals surface area (Å²) in [5.74, 6) is -9.65. The van der Waals surface area contributed by atoms with E-state index >= 15 is 8.78 Å². The lowest BCUT2D eigenvalue weighted by atomic mass is 9.94. The van der Waals surface area contributed by atoms with E-state index in [2.05, 4.69) is 20.6 Å². The second kappa shape index (κ2) is 13.9. The molecule has 8 rings (SSSR count). The molecule has 4 aromatic heterocycles. The van der Waals surface area contributed by atoms with E-state index in [-0.39, 0.29) is 28.0 Å². The van der Waals surface area contributed by atoms with Crippen LogP contribution in [0, 0.1) is 23.4 Å². The highest BCUT2D eigenvalue weighted by Gasteiger charge is 2.54. The lowest BCUT2D eigenvalue weighted by Gasteiger charge is -2.26. The molecule has 0 unspecified atom stereocenters. The van der Waals surface area contributed by atoms with Crippen LogP contribution >= 0.6 is 11.3 Å². The molecule has 57 heavy (non-hydrogen) atoms. The smallest absolute Gasteiger partial charge is 0.366 e. The molecule has 3 N–H and O–H groups in total. The van der Waals surface area contributed by atoms with Gasteiger partial charge in [-0.3, -0.25) is 14.3 Å². The maximum atomic E-state index is 15.3. The summed E-state index contributed by atoms with van der Waals surface area (Å²) >= 11 is 1.23. The van der Waals surface area contributed by atoms with Crippen molar-refractivity contribution in [3.05, 3.63) is 106 Å². The third-order valence-corrected chi connectivity index (χ3v) is 11.0. The van der Waals surface area contributed by atoms with Gasteiger partial charge in [0.2, 0.25) is 5.91 Å². The Labute approximate surface area is 320 Å². The summed E-state index contributed by atoms with van der Waals surface area (Å²) in [6.07, 6.45) is -4.51. The minimum absolute atomic E-state index is 0.00123. The Kier molecular flexibility index (Phi) is 9.24. The van der Waals surface area contributed by atoms with Crippen LogP contribution in [0.1, 0.15) is 57.4 Å². The minimum Gasteiger partial charge on any atom is -0.366 e. The van der Waals surface area contributed by atoms with E-state index in [1.54, 1.807) is 12.4 Å². The van der Waals surface area contributed by atoms with Crippen LogP contribution in [0.25, 0.3) is 21.5 Å². The minimum atomic E-state index is -5.10. The molecule has 2 amide bonds. The fourth-order valence-electron chi connectivity index (χ4n) is 7.24. The normalized spacial score (nSPS) is 16.8. The topological polar surface area (TPSA) is 150 Å². The average Bonchev–Trinajstić information content (AvgIpc) is 3.90. The van der Waals surface area contributed by atoms with Crippen LogP contribution in [-0.4, -0.2) is 52.9 Å². The number of benzene rings is 2. The van der Waals surface area contributed by atoms with Crippen molar-refractivity contribution in [2.24, 2.45) is 11.7 Å². The van der Waals surface area contributed by atoms with Crippen molar-refractivity contribution in [2.45, 2.75) is 57.5 Å². The standard InChI is InChI=1S/C36H28F8N10O2S/c1-16-6-23-30(36(42,43)44)51-54(31(23)35(16,40)41)14-28(55)47-25(9-17-7-19(37)11-20(38)8-17)29-21(18-2-3-24(39)22(10-18)32(45)56)12-26-33(48-29)49-34(57-26)52-4-5-53-15-46-50-27(53)13-52/h2-3,7-8,10-12,15-16,25H,4-6,9,13-14H2,1H3,(H2,45,56)(H,47,55)/t16-,25+/m1/s1. The number of primary amides is 1. The molecule has 12 nitrogen and oxygen atoms in total. The highest BCUT2D eigenvalue weighted by atomic mass is 32.1. The number of halogens is 8. The van der Waals surface area contributed by atoms with E-state index in [4.69, 9.17) is 15.7 Å². The molecular formula is C36H28F8N10O2S. The second-order valence-corrected chi connectivity index (χ2v) is 14.8. The zero-order chi connectivity index (χ0) is 40.6. The molecule has 0 fully saturated rings. The fraction of sp³-hybridized carbons (Fsp3) is 0.306. The number of nitrogens with two attached hydrogens (primary N) is 1. The number of nitrogens with one attached hydrogen (secondary N) is 1. The average molecular weight is 817 g/mol. The molecule has 2 aliphatic rings. The van der Waals surface area contributed by atoms with Gasteiger partial charge in [0.1, 0.15) is 36.0 Å². The lowest BCUT2D eigenvalue weighted by molar-refractivity contribution is -0.142. The number of fused-ring (bicyclic) bond motifs is 3. The van der Waals surface area contributed by atoms with Crippen molar-refractivity contribution in [1.82, 2.24) is 39.8 Å². The van der Waals surface area contributed by atoms with Gasteiger partial charge in [-0.25, -0.2) is 18.2 Å². The number of amides is 2. The lowest BCUT2D eigenvalue weighted by Crippen LogP contribution is -2.35. The van der Waals surface area contributed by atoms with E-state index in [1.807, 2.05) is 9.47 Å². The summed E-state index contributed by atoms with van der Waals surface area (Å²) < 4.78 is 119. The number of pyridine rings is 1. The molecule has 2 aromatic carbocycles. The molecule has 0 saturated heterocycles. The molecule has 21 heteroatoms. The Morgan fingerprint density at radius 2 is 1.81 bits per heavy atom. The fourth-order valence-corrected chi connectivity index (χ4v) is 8.21. The molecule has 0 radical (unpaired) electrons. The van der Waals surface area contributed by atoms with E-state index in [0.717, 1.165) is 31.2 Å². The van der Waals surface area contributed by atoms with Crippen molar-refractivity contribution >= 4 is 38.6 Å². The summed E-state index contributed by atoms with van der Waals surface area (Å²) in [6, 6.07) is 6.25. The number of nitrogens with zero attached hydrogens (tertiary/aromatic N) is 8. The molecule has 6 aromatic rings. The highest BCUT2D eigenvalue weighted by molar-refractivity contribution is 7.22. The summed E-state index contributed by atoms with van der Waals surface area (Å²) in [5, 5.41) is 14.6. The van der Waals surface area contributed by atoms with Gasteiger partial charge in [-0.2, -0.15) is 32.0 Å². The second-order valence-electron chi connectivity index (χ2n) is 13.8. The Morgan fingerprint density at radius 1 is 1.05 bits per heavy atom. The number of aromatic nitrogens is 7. The number of carbonyl (C=O) groups excluding carboxylic acids is 2. The van der Waals surface area contributed by atoms with E-state index in [9.17, 15) is 35.9 Å². The Balaban J connectivity index is 1.25. The van der Waals surface area contributed by atoms with Crippen LogP contribution in [0.4, 0.5) is 40.3 Å². The molecule has 0 spiro atoms. The Hall–Kier alpha value is -5.99. The zero-order valence-electron chi connectivity index (χ0n) is 29.4. The SMILES string of the molecule is C[C@@H]1Cc2c(C(F)(F)F)nn(CC(=O)N[C@@H](Cc3cc(F)cc(F)c3)c3nc4nc(N5CCn6cnnc6C5)sc4cc3-c3ccc(F)c(C(N)=O)c3)c2C1(F)F. The number of hydrogen-bond acceptors (Lipinski definition) is 9. The maximum Gasteiger partial charge on any atom is 0.435 e. The molecule has 1 aliphatic heterocycles. The van der Waals surface area contributed by atoms with Gasteiger partial charge in [-0.15, -0.1) is 10.2 Å². The number of thiazole rings is 1. The van der Waals surface area contributed by atoms with E-state index < -0.39 is 95.2 Å². The number of hydrogen-bond donors (Lipinski definition) is 2. The van der Waals surface area contributed by atoms with Gasteiger partial charge in [0.25, 0.3) is 11.8 Å². The van der Waals surface area contributed by atoms with Crippen molar-refractivity contribution < 1.29 is 44.7 Å². The van der Waals surface area contributed by atoms with E-state index in [0.29, 0.717) is 46.0 Å². The molecule has 296 valence electrons. The van der Waals surface area contributed by atoms with Gasteiger partial charge in [-0.05, 0) is 54.3 Å². The van der Waals surface area contributed by atoms with Crippen molar-refractivity contribution in [3.63, 3.8) is 0 Å². The van der Waals surface area contributed by atoms with Gasteiger partial charge < -0.3 is 20.5 Å². The molecular weight excluding hydrogens is 789 g/mol. The van der Waals surface area contributed by atoms with Gasteiger partial charge in [-0.1, -0.05) is 24.3 Å². The van der Waals surface area contributed by atoms with Crippen molar-refractivity contribution in [3.8, 4) is 11.1 Å². The summed E-state index contributed by atoms with van der Waals surface area (Å²) in [7, 11) is 0. The van der Waals surface area contributed by atoms with Crippen molar-refractivity contribution in [2.75, 3.05) is 11.4 Å².